The Morgan fingerprint density at radius 3 is 2.33 bits per heavy atom. The van der Waals surface area contributed by atoms with Crippen LogP contribution in [0, 0.1) is 5.92 Å². The minimum atomic E-state index is 0.218. The number of pyridine rings is 1. The van der Waals surface area contributed by atoms with E-state index in [1.807, 2.05) is 12.3 Å². The molecule has 0 radical (unpaired) electrons. The zero-order valence-electron chi connectivity index (χ0n) is 14.5. The summed E-state index contributed by atoms with van der Waals surface area (Å²) >= 11 is 0. The highest BCUT2D eigenvalue weighted by Crippen LogP contribution is 2.25. The monoisotopic (exact) mass is 291 g/mol. The standard InChI is InChI=1S/C18H33N3/c1-6-16(19)12-15-10-9-11-20-18(15)21(13-14(4)5)17(7-2)8-3/h9-11,14,16-17H,6-8,12-13,19H2,1-5H3. The second kappa shape index (κ2) is 9.04. The van der Waals surface area contributed by atoms with E-state index in [4.69, 9.17) is 10.7 Å². The lowest BCUT2D eigenvalue weighted by Gasteiger charge is -2.34. The maximum atomic E-state index is 6.17. The van der Waals surface area contributed by atoms with Gasteiger partial charge in [-0.2, -0.15) is 0 Å². The van der Waals surface area contributed by atoms with Crippen LogP contribution in [-0.2, 0) is 6.42 Å². The zero-order valence-corrected chi connectivity index (χ0v) is 14.5. The molecule has 1 atom stereocenters. The van der Waals surface area contributed by atoms with E-state index in [0.29, 0.717) is 12.0 Å². The van der Waals surface area contributed by atoms with Crippen molar-refractivity contribution in [3.05, 3.63) is 23.9 Å². The van der Waals surface area contributed by atoms with Gasteiger partial charge in [0.15, 0.2) is 0 Å². The highest BCUT2D eigenvalue weighted by Gasteiger charge is 2.21. The van der Waals surface area contributed by atoms with Gasteiger partial charge in [-0.1, -0.05) is 40.7 Å². The van der Waals surface area contributed by atoms with Gasteiger partial charge in [-0.25, -0.2) is 4.98 Å². The first kappa shape index (κ1) is 18.0. The minimum Gasteiger partial charge on any atom is -0.353 e. The number of hydrogen-bond acceptors (Lipinski definition) is 3. The molecule has 21 heavy (non-hydrogen) atoms. The maximum Gasteiger partial charge on any atom is 0.132 e. The van der Waals surface area contributed by atoms with Gasteiger partial charge in [0.1, 0.15) is 5.82 Å². The molecule has 0 saturated carbocycles. The number of nitrogens with two attached hydrogens (primary N) is 1. The average molecular weight is 291 g/mol. The molecule has 1 aromatic heterocycles. The lowest BCUT2D eigenvalue weighted by molar-refractivity contribution is 0.500. The van der Waals surface area contributed by atoms with Crippen molar-refractivity contribution in [2.45, 2.75) is 72.4 Å². The Bertz CT molecular complexity index is 399. The van der Waals surface area contributed by atoms with Crippen LogP contribution in [0.3, 0.4) is 0 Å². The summed E-state index contributed by atoms with van der Waals surface area (Å²) in [6, 6.07) is 4.99. The van der Waals surface area contributed by atoms with Crippen LogP contribution in [0.1, 0.15) is 59.4 Å². The van der Waals surface area contributed by atoms with Gasteiger partial charge in [0, 0.05) is 24.8 Å². The summed E-state index contributed by atoms with van der Waals surface area (Å²) in [5.74, 6) is 1.77. The molecule has 0 aliphatic heterocycles. The Morgan fingerprint density at radius 2 is 1.81 bits per heavy atom. The smallest absolute Gasteiger partial charge is 0.132 e. The van der Waals surface area contributed by atoms with Crippen LogP contribution in [0.2, 0.25) is 0 Å². The molecule has 0 spiro atoms. The number of aromatic nitrogens is 1. The quantitative estimate of drug-likeness (QED) is 0.747. The number of anilines is 1. The Morgan fingerprint density at radius 1 is 1.14 bits per heavy atom. The van der Waals surface area contributed by atoms with Crippen LogP contribution < -0.4 is 10.6 Å². The molecule has 1 unspecified atom stereocenters. The fourth-order valence-corrected chi connectivity index (χ4v) is 2.81. The summed E-state index contributed by atoms with van der Waals surface area (Å²) in [4.78, 5) is 7.21. The molecular weight excluding hydrogens is 258 g/mol. The second-order valence-corrected chi connectivity index (χ2v) is 6.38. The third-order valence-corrected chi connectivity index (χ3v) is 4.09. The van der Waals surface area contributed by atoms with Crippen LogP contribution >= 0.6 is 0 Å². The summed E-state index contributed by atoms with van der Waals surface area (Å²) < 4.78 is 0. The topological polar surface area (TPSA) is 42.1 Å². The van der Waals surface area contributed by atoms with Crippen LogP contribution in [0.4, 0.5) is 5.82 Å². The van der Waals surface area contributed by atoms with Gasteiger partial charge in [0.2, 0.25) is 0 Å². The van der Waals surface area contributed by atoms with Crippen LogP contribution in [0.15, 0.2) is 18.3 Å². The number of rotatable bonds is 9. The van der Waals surface area contributed by atoms with Crippen molar-refractivity contribution in [3.8, 4) is 0 Å². The fourth-order valence-electron chi connectivity index (χ4n) is 2.81. The lowest BCUT2D eigenvalue weighted by Crippen LogP contribution is -2.39. The summed E-state index contributed by atoms with van der Waals surface area (Å²) in [7, 11) is 0. The summed E-state index contributed by atoms with van der Waals surface area (Å²) in [5, 5.41) is 0. The van der Waals surface area contributed by atoms with Gasteiger partial charge in [0.25, 0.3) is 0 Å². The Balaban J connectivity index is 3.11. The van der Waals surface area contributed by atoms with Gasteiger partial charge in [0.05, 0.1) is 0 Å². The molecule has 3 nitrogen and oxygen atoms in total. The molecule has 0 saturated heterocycles. The molecule has 0 aromatic carbocycles. The van der Waals surface area contributed by atoms with Crippen molar-refractivity contribution < 1.29 is 0 Å². The van der Waals surface area contributed by atoms with Crippen molar-refractivity contribution in [1.29, 1.82) is 0 Å². The third kappa shape index (κ3) is 5.31. The van der Waals surface area contributed by atoms with E-state index in [-0.39, 0.29) is 6.04 Å². The van der Waals surface area contributed by atoms with Gasteiger partial charge < -0.3 is 10.6 Å². The van der Waals surface area contributed by atoms with Gasteiger partial charge in [-0.15, -0.1) is 0 Å². The average Bonchev–Trinajstić information content (AvgIpc) is 2.47. The van der Waals surface area contributed by atoms with E-state index in [1.165, 1.54) is 5.56 Å². The van der Waals surface area contributed by atoms with Crippen LogP contribution in [-0.4, -0.2) is 23.6 Å². The molecule has 0 amide bonds. The minimum absolute atomic E-state index is 0.218. The predicted octanol–water partition coefficient (Wildman–Crippen LogP) is 4.01. The van der Waals surface area contributed by atoms with Crippen molar-refractivity contribution in [2.24, 2.45) is 11.7 Å². The summed E-state index contributed by atoms with van der Waals surface area (Å²) in [6.45, 7) is 12.3. The fraction of sp³-hybridized carbons (Fsp3) is 0.722. The molecule has 0 aliphatic carbocycles. The van der Waals surface area contributed by atoms with Crippen LogP contribution in [0.25, 0.3) is 0 Å². The molecule has 3 heteroatoms. The Kier molecular flexibility index (Phi) is 7.73. The summed E-state index contributed by atoms with van der Waals surface area (Å²) in [5.41, 5.74) is 7.46. The molecule has 1 heterocycles. The number of hydrogen-bond donors (Lipinski definition) is 1. The van der Waals surface area contributed by atoms with E-state index < -0.39 is 0 Å². The third-order valence-electron chi connectivity index (χ3n) is 4.09. The molecular formula is C18H33N3. The molecule has 1 rings (SSSR count). The van der Waals surface area contributed by atoms with E-state index in [0.717, 1.165) is 38.0 Å². The van der Waals surface area contributed by atoms with E-state index in [2.05, 4.69) is 45.6 Å². The lowest BCUT2D eigenvalue weighted by atomic mass is 10.0. The van der Waals surface area contributed by atoms with E-state index in [9.17, 15) is 0 Å². The van der Waals surface area contributed by atoms with Crippen molar-refractivity contribution in [2.75, 3.05) is 11.4 Å². The van der Waals surface area contributed by atoms with Gasteiger partial charge >= 0.3 is 0 Å². The van der Waals surface area contributed by atoms with Gasteiger partial charge in [-0.05, 0) is 43.2 Å². The van der Waals surface area contributed by atoms with Crippen molar-refractivity contribution in [3.63, 3.8) is 0 Å². The largest absolute Gasteiger partial charge is 0.353 e. The van der Waals surface area contributed by atoms with Crippen LogP contribution in [0.5, 0.6) is 0 Å². The normalized spacial score (nSPS) is 13.0. The first-order valence-electron chi connectivity index (χ1n) is 8.49. The second-order valence-electron chi connectivity index (χ2n) is 6.38. The summed E-state index contributed by atoms with van der Waals surface area (Å²) in [6.07, 6.45) is 6.13. The highest BCUT2D eigenvalue weighted by molar-refractivity contribution is 5.48. The maximum absolute atomic E-state index is 6.17. The molecule has 1 aromatic rings. The van der Waals surface area contributed by atoms with E-state index >= 15 is 0 Å². The Hall–Kier alpha value is -1.09. The van der Waals surface area contributed by atoms with Crippen molar-refractivity contribution >= 4 is 5.82 Å². The zero-order chi connectivity index (χ0) is 15.8. The molecule has 2 N–H and O–H groups in total. The highest BCUT2D eigenvalue weighted by atomic mass is 15.2. The molecule has 0 bridgehead atoms. The Labute approximate surface area is 130 Å². The first-order valence-corrected chi connectivity index (χ1v) is 8.49. The first-order chi connectivity index (χ1) is 10.0. The van der Waals surface area contributed by atoms with Crippen molar-refractivity contribution in [1.82, 2.24) is 4.98 Å². The SMILES string of the molecule is CCC(N)Cc1cccnc1N(CC(C)C)C(CC)CC. The molecule has 120 valence electrons. The molecule has 0 aliphatic rings. The van der Waals surface area contributed by atoms with E-state index in [1.54, 1.807) is 0 Å². The molecule has 0 fully saturated rings. The predicted molar refractivity (Wildman–Crippen MR) is 92.8 cm³/mol. The van der Waals surface area contributed by atoms with Gasteiger partial charge in [-0.3, -0.25) is 0 Å². The number of nitrogens with zero attached hydrogens (tertiary/aromatic N) is 2.